The summed E-state index contributed by atoms with van der Waals surface area (Å²) in [5.41, 5.74) is 0. The summed E-state index contributed by atoms with van der Waals surface area (Å²) in [5.74, 6) is -0.913. The lowest BCUT2D eigenvalue weighted by molar-refractivity contribution is -0.167. The quantitative estimate of drug-likeness (QED) is 0.0261. The van der Waals surface area contributed by atoms with Crippen molar-refractivity contribution in [2.45, 2.75) is 361 Å². The minimum Gasteiger partial charge on any atom is -0.462 e. The predicted molar refractivity (Wildman–Crippen MR) is 362 cm³/mol. The summed E-state index contributed by atoms with van der Waals surface area (Å²) in [6.07, 6.45) is 96.5. The van der Waals surface area contributed by atoms with E-state index in [0.29, 0.717) is 19.3 Å². The van der Waals surface area contributed by atoms with E-state index in [4.69, 9.17) is 14.2 Å². The molecule has 0 aliphatic rings. The lowest BCUT2D eigenvalue weighted by Gasteiger charge is -2.18. The first-order chi connectivity index (χ1) is 41.0. The molecule has 0 aliphatic carbocycles. The summed E-state index contributed by atoms with van der Waals surface area (Å²) >= 11 is 0. The number of allylic oxidation sites excluding steroid dienone is 16. The maximum absolute atomic E-state index is 12.9. The fourth-order valence-corrected chi connectivity index (χ4v) is 10.3. The van der Waals surface area contributed by atoms with Gasteiger partial charge in [0, 0.05) is 19.3 Å². The van der Waals surface area contributed by atoms with Gasteiger partial charge in [0.1, 0.15) is 13.2 Å². The average Bonchev–Trinajstić information content (AvgIpc) is 3.48. The van der Waals surface area contributed by atoms with Crippen molar-refractivity contribution in [3.63, 3.8) is 0 Å². The van der Waals surface area contributed by atoms with Crippen molar-refractivity contribution < 1.29 is 28.6 Å². The Labute approximate surface area is 515 Å². The van der Waals surface area contributed by atoms with Crippen LogP contribution in [0.1, 0.15) is 355 Å². The summed E-state index contributed by atoms with van der Waals surface area (Å²) in [5, 5.41) is 0. The number of esters is 3. The summed E-state index contributed by atoms with van der Waals surface area (Å²) in [6, 6.07) is 0. The van der Waals surface area contributed by atoms with Crippen LogP contribution in [0.2, 0.25) is 0 Å². The van der Waals surface area contributed by atoms with Gasteiger partial charge in [0.25, 0.3) is 0 Å². The molecule has 1 unspecified atom stereocenters. The normalized spacial score (nSPS) is 12.7. The zero-order valence-electron chi connectivity index (χ0n) is 54.9. The first kappa shape index (κ1) is 79.3. The maximum Gasteiger partial charge on any atom is 0.306 e. The van der Waals surface area contributed by atoms with Crippen LogP contribution < -0.4 is 0 Å². The van der Waals surface area contributed by atoms with Crippen LogP contribution >= 0.6 is 0 Å². The number of hydrogen-bond donors (Lipinski definition) is 0. The van der Waals surface area contributed by atoms with Gasteiger partial charge in [0.05, 0.1) is 0 Å². The van der Waals surface area contributed by atoms with Crippen molar-refractivity contribution >= 4 is 17.9 Å². The van der Waals surface area contributed by atoms with E-state index in [1.54, 1.807) is 0 Å². The van der Waals surface area contributed by atoms with Crippen molar-refractivity contribution in [2.75, 3.05) is 13.2 Å². The van der Waals surface area contributed by atoms with Gasteiger partial charge in [0.2, 0.25) is 0 Å². The number of carbonyl (C=O) groups is 3. The van der Waals surface area contributed by atoms with Gasteiger partial charge in [-0.15, -0.1) is 0 Å². The van der Waals surface area contributed by atoms with E-state index in [-0.39, 0.29) is 31.1 Å². The number of unbranched alkanes of at least 4 members (excludes halogenated alkanes) is 38. The molecule has 0 fully saturated rings. The molecule has 0 aromatic rings. The Hall–Kier alpha value is -3.67. The molecule has 0 rings (SSSR count). The van der Waals surface area contributed by atoms with E-state index < -0.39 is 6.10 Å². The SMILES string of the molecule is CC/C=C\C/C=C\C/C=C\C/C=C\C/C=C\C/C=C\C/C=C\C/C=C\CCCCCCC(=O)OC(COC(=O)CCCCCCC)COC(=O)CCCCCCCCCCCCCCCCCCCCCCCCCCCCCCCCC. The summed E-state index contributed by atoms with van der Waals surface area (Å²) in [7, 11) is 0. The lowest BCUT2D eigenvalue weighted by Crippen LogP contribution is -2.30. The second kappa shape index (κ2) is 70.8. The number of ether oxygens (including phenoxy) is 3. The van der Waals surface area contributed by atoms with Crippen LogP contribution in [0.4, 0.5) is 0 Å². The largest absolute Gasteiger partial charge is 0.462 e. The van der Waals surface area contributed by atoms with E-state index in [2.05, 4.69) is 118 Å². The molecular formula is C77H134O6. The molecule has 0 aromatic carbocycles. The van der Waals surface area contributed by atoms with Crippen molar-refractivity contribution in [3.05, 3.63) is 97.2 Å². The molecule has 0 saturated heterocycles. The van der Waals surface area contributed by atoms with Gasteiger partial charge in [-0.05, 0) is 83.5 Å². The first-order valence-electron chi connectivity index (χ1n) is 35.7. The van der Waals surface area contributed by atoms with E-state index in [9.17, 15) is 14.4 Å². The Morgan fingerprint density at radius 2 is 0.470 bits per heavy atom. The summed E-state index contributed by atoms with van der Waals surface area (Å²) in [4.78, 5) is 38.0. The Kier molecular flexibility index (Phi) is 67.7. The third kappa shape index (κ3) is 69.0. The Balaban J connectivity index is 4.02. The van der Waals surface area contributed by atoms with Gasteiger partial charge in [-0.3, -0.25) is 14.4 Å². The smallest absolute Gasteiger partial charge is 0.306 e. The molecule has 0 amide bonds. The molecule has 0 aromatic heterocycles. The van der Waals surface area contributed by atoms with Crippen LogP contribution in [-0.2, 0) is 28.6 Å². The zero-order valence-corrected chi connectivity index (χ0v) is 54.9. The number of rotatable bonds is 65. The molecule has 0 aliphatic heterocycles. The van der Waals surface area contributed by atoms with Gasteiger partial charge in [-0.25, -0.2) is 0 Å². The molecule has 0 bridgehead atoms. The molecule has 0 radical (unpaired) electrons. The van der Waals surface area contributed by atoms with Gasteiger partial charge < -0.3 is 14.2 Å². The van der Waals surface area contributed by atoms with Crippen LogP contribution in [-0.4, -0.2) is 37.2 Å². The van der Waals surface area contributed by atoms with Crippen LogP contribution in [0.5, 0.6) is 0 Å². The molecule has 6 heteroatoms. The molecule has 1 atom stereocenters. The van der Waals surface area contributed by atoms with Crippen molar-refractivity contribution in [1.82, 2.24) is 0 Å². The highest BCUT2D eigenvalue weighted by Crippen LogP contribution is 2.18. The van der Waals surface area contributed by atoms with Gasteiger partial charge in [-0.1, -0.05) is 349 Å². The molecule has 83 heavy (non-hydrogen) atoms. The van der Waals surface area contributed by atoms with Crippen LogP contribution in [0.15, 0.2) is 97.2 Å². The van der Waals surface area contributed by atoms with E-state index in [0.717, 1.165) is 128 Å². The summed E-state index contributed by atoms with van der Waals surface area (Å²) in [6.45, 7) is 6.46. The number of carbonyl (C=O) groups excluding carboxylic acids is 3. The first-order valence-corrected chi connectivity index (χ1v) is 35.7. The third-order valence-corrected chi connectivity index (χ3v) is 15.6. The van der Waals surface area contributed by atoms with Crippen molar-refractivity contribution in [1.29, 1.82) is 0 Å². The highest BCUT2D eigenvalue weighted by molar-refractivity contribution is 5.71. The number of hydrogen-bond acceptors (Lipinski definition) is 6. The van der Waals surface area contributed by atoms with Gasteiger partial charge in [-0.2, -0.15) is 0 Å². The molecule has 6 nitrogen and oxygen atoms in total. The minimum absolute atomic E-state index is 0.0853. The highest BCUT2D eigenvalue weighted by atomic mass is 16.6. The monoisotopic (exact) mass is 1160 g/mol. The average molecular weight is 1160 g/mol. The topological polar surface area (TPSA) is 78.9 Å². The second-order valence-electron chi connectivity index (χ2n) is 23.8. The van der Waals surface area contributed by atoms with E-state index in [1.807, 2.05) is 0 Å². The molecule has 0 saturated carbocycles. The Bertz CT molecular complexity index is 1610. The second-order valence-corrected chi connectivity index (χ2v) is 23.8. The van der Waals surface area contributed by atoms with Crippen molar-refractivity contribution in [3.8, 4) is 0 Å². The molecule has 0 spiro atoms. The van der Waals surface area contributed by atoms with E-state index >= 15 is 0 Å². The Morgan fingerprint density at radius 1 is 0.253 bits per heavy atom. The van der Waals surface area contributed by atoms with Gasteiger partial charge in [0.15, 0.2) is 6.10 Å². The molecule has 0 heterocycles. The van der Waals surface area contributed by atoms with Crippen molar-refractivity contribution in [2.24, 2.45) is 0 Å². The molecule has 478 valence electrons. The van der Waals surface area contributed by atoms with E-state index in [1.165, 1.54) is 186 Å². The standard InChI is InChI=1S/C77H134O6/c1-4-7-10-13-15-17-19-21-23-25-27-29-31-33-35-37-38-40-41-43-45-47-49-51-53-55-57-59-61-64-67-70-76(79)82-73-74(72-81-75(78)69-66-63-12-9-6-3)83-77(80)71-68-65-62-60-58-56-54-52-50-48-46-44-42-39-36-34-32-30-28-26-24-22-20-18-16-14-11-8-5-2/h8,11,16,18,22,24,28,30,34,36,42,44,48,50,54,56,74H,4-7,9-10,12-15,17,19-21,23,25-27,29,31-33,35,37-41,43,45-47,49,51-53,55,57-73H2,1-3H3/b11-8-,18-16-,24-22-,30-28-,36-34-,44-42-,50-48-,56-54-. The fraction of sp³-hybridized carbons (Fsp3) is 0.753. The fourth-order valence-electron chi connectivity index (χ4n) is 10.3. The highest BCUT2D eigenvalue weighted by Gasteiger charge is 2.19. The predicted octanol–water partition coefficient (Wildman–Crippen LogP) is 24.8. The van der Waals surface area contributed by atoms with Crippen LogP contribution in [0, 0.1) is 0 Å². The molecular weight excluding hydrogens is 1020 g/mol. The lowest BCUT2D eigenvalue weighted by atomic mass is 10.0. The van der Waals surface area contributed by atoms with Crippen LogP contribution in [0.25, 0.3) is 0 Å². The maximum atomic E-state index is 12.9. The zero-order chi connectivity index (χ0) is 59.9. The Morgan fingerprint density at radius 3 is 0.735 bits per heavy atom. The summed E-state index contributed by atoms with van der Waals surface area (Å²) < 4.78 is 16.8. The third-order valence-electron chi connectivity index (χ3n) is 15.6. The molecule has 0 N–H and O–H groups in total. The van der Waals surface area contributed by atoms with Gasteiger partial charge >= 0.3 is 17.9 Å². The van der Waals surface area contributed by atoms with Crippen LogP contribution in [0.3, 0.4) is 0 Å². The minimum atomic E-state index is -0.788.